The average molecular weight is 490 g/mol. The van der Waals surface area contributed by atoms with Crippen molar-refractivity contribution < 1.29 is 9.53 Å². The van der Waals surface area contributed by atoms with Gasteiger partial charge in [-0.1, -0.05) is 23.8 Å². The minimum Gasteiger partial charge on any atom is -0.376 e. The van der Waals surface area contributed by atoms with E-state index < -0.39 is 0 Å². The van der Waals surface area contributed by atoms with Crippen LogP contribution >= 0.6 is 12.2 Å². The van der Waals surface area contributed by atoms with Crippen LogP contribution < -0.4 is 10.6 Å². The Balaban J connectivity index is 1.36. The van der Waals surface area contributed by atoms with Crippen molar-refractivity contribution in [2.24, 2.45) is 0 Å². The first-order chi connectivity index (χ1) is 17.1. The number of aryl methyl sites for hydroxylation is 1. The molecule has 8 heteroatoms. The smallest absolute Gasteiger partial charge is 0.226 e. The number of nitrogens with zero attached hydrogens (tertiary/aromatic N) is 3. The van der Waals surface area contributed by atoms with Crippen LogP contribution in [-0.2, 0) is 16.1 Å². The van der Waals surface area contributed by atoms with Gasteiger partial charge >= 0.3 is 0 Å². The van der Waals surface area contributed by atoms with E-state index in [1.165, 1.54) is 0 Å². The number of hydrogen-bond acceptors (Lipinski definition) is 4. The van der Waals surface area contributed by atoms with Gasteiger partial charge in [0.25, 0.3) is 0 Å². The Morgan fingerprint density at radius 1 is 1.20 bits per heavy atom. The average Bonchev–Trinajstić information content (AvgIpc) is 3.61. The minimum atomic E-state index is -0.109. The first-order valence-electron chi connectivity index (χ1n) is 12.2. The Labute approximate surface area is 211 Å². The molecule has 3 unspecified atom stereocenters. The predicted octanol–water partition coefficient (Wildman–Crippen LogP) is 4.37. The molecule has 1 amide bonds. The van der Waals surface area contributed by atoms with E-state index in [0.29, 0.717) is 18.1 Å². The highest BCUT2D eigenvalue weighted by atomic mass is 32.1. The highest BCUT2D eigenvalue weighted by Crippen LogP contribution is 2.39. The molecule has 2 aliphatic heterocycles. The summed E-state index contributed by atoms with van der Waals surface area (Å²) in [7, 11) is 0. The molecular weight excluding hydrogens is 458 g/mol. The van der Waals surface area contributed by atoms with Crippen LogP contribution in [0.2, 0.25) is 0 Å². The lowest BCUT2D eigenvalue weighted by Crippen LogP contribution is -2.33. The van der Waals surface area contributed by atoms with E-state index in [1.807, 2.05) is 49.4 Å². The molecule has 35 heavy (non-hydrogen) atoms. The van der Waals surface area contributed by atoms with E-state index >= 15 is 0 Å². The van der Waals surface area contributed by atoms with E-state index in [-0.39, 0.29) is 24.1 Å². The molecule has 2 aromatic heterocycles. The van der Waals surface area contributed by atoms with E-state index in [1.54, 1.807) is 6.20 Å². The summed E-state index contributed by atoms with van der Waals surface area (Å²) < 4.78 is 8.17. The number of rotatable bonds is 8. The molecule has 1 aromatic carbocycles. The van der Waals surface area contributed by atoms with E-state index in [0.717, 1.165) is 48.6 Å². The van der Waals surface area contributed by atoms with Gasteiger partial charge in [0, 0.05) is 49.9 Å². The van der Waals surface area contributed by atoms with Crippen molar-refractivity contribution in [2.75, 3.05) is 18.5 Å². The van der Waals surface area contributed by atoms with Crippen LogP contribution in [0.5, 0.6) is 0 Å². The van der Waals surface area contributed by atoms with Crippen LogP contribution in [0.25, 0.3) is 0 Å². The van der Waals surface area contributed by atoms with Gasteiger partial charge in [-0.05, 0) is 68.4 Å². The summed E-state index contributed by atoms with van der Waals surface area (Å²) in [6, 6.07) is 17.8. The largest absolute Gasteiger partial charge is 0.376 e. The van der Waals surface area contributed by atoms with Crippen molar-refractivity contribution in [3.63, 3.8) is 0 Å². The molecule has 0 radical (unpaired) electrons. The second-order valence-electron chi connectivity index (χ2n) is 9.20. The number of hydrogen-bond donors (Lipinski definition) is 2. The zero-order chi connectivity index (χ0) is 24.2. The fourth-order valence-corrected chi connectivity index (χ4v) is 5.25. The molecule has 0 saturated carbocycles. The van der Waals surface area contributed by atoms with E-state index in [4.69, 9.17) is 17.0 Å². The molecule has 5 rings (SSSR count). The summed E-state index contributed by atoms with van der Waals surface area (Å²) in [5.74, 6) is -0.0357. The van der Waals surface area contributed by atoms with Crippen LogP contribution in [-0.4, -0.2) is 44.7 Å². The van der Waals surface area contributed by atoms with Crippen molar-refractivity contribution in [3.8, 4) is 0 Å². The number of amides is 1. The molecule has 0 spiro atoms. The van der Waals surface area contributed by atoms with Gasteiger partial charge in [0.05, 0.1) is 23.9 Å². The second-order valence-corrected chi connectivity index (χ2v) is 9.59. The molecule has 182 valence electrons. The first-order valence-corrected chi connectivity index (χ1v) is 12.6. The number of nitrogens with one attached hydrogen (secondary N) is 2. The Bertz CT molecular complexity index is 1160. The molecule has 3 atom stereocenters. The number of carbonyl (C=O) groups excluding carboxylic acids is 1. The summed E-state index contributed by atoms with van der Waals surface area (Å²) >= 11 is 5.77. The third kappa shape index (κ3) is 5.39. The summed E-state index contributed by atoms with van der Waals surface area (Å²) in [6.45, 7) is 4.17. The molecule has 2 saturated heterocycles. The fourth-order valence-electron chi connectivity index (χ4n) is 4.92. The van der Waals surface area contributed by atoms with Crippen LogP contribution in [0.4, 0.5) is 5.69 Å². The maximum Gasteiger partial charge on any atom is 0.226 e. The topological polar surface area (TPSA) is 71.4 Å². The number of ether oxygens (including phenoxy) is 1. The van der Waals surface area contributed by atoms with Crippen molar-refractivity contribution in [1.29, 1.82) is 0 Å². The number of pyridine rings is 1. The molecule has 0 aliphatic carbocycles. The number of anilines is 1. The molecule has 2 aliphatic rings. The van der Waals surface area contributed by atoms with E-state index in [2.05, 4.69) is 43.4 Å². The molecule has 2 N–H and O–H groups in total. The van der Waals surface area contributed by atoms with Gasteiger partial charge in [-0.2, -0.15) is 0 Å². The third-order valence-electron chi connectivity index (χ3n) is 6.70. The van der Waals surface area contributed by atoms with Crippen molar-refractivity contribution in [3.05, 3.63) is 83.9 Å². The third-order valence-corrected chi connectivity index (χ3v) is 7.06. The van der Waals surface area contributed by atoms with Crippen LogP contribution in [0.15, 0.2) is 67.0 Å². The summed E-state index contributed by atoms with van der Waals surface area (Å²) in [4.78, 5) is 19.5. The quantitative estimate of drug-likeness (QED) is 0.458. The van der Waals surface area contributed by atoms with Crippen LogP contribution in [0.1, 0.15) is 48.3 Å². The van der Waals surface area contributed by atoms with Crippen molar-refractivity contribution in [2.45, 2.75) is 50.9 Å². The van der Waals surface area contributed by atoms with Crippen LogP contribution in [0, 0.1) is 6.92 Å². The number of aromatic nitrogens is 2. The van der Waals surface area contributed by atoms with Gasteiger partial charge in [-0.15, -0.1) is 0 Å². The lowest BCUT2D eigenvalue weighted by Gasteiger charge is -2.29. The monoisotopic (exact) mass is 489 g/mol. The number of carbonyl (C=O) groups is 1. The number of thiocarbonyl (C=S) groups is 1. The second kappa shape index (κ2) is 10.6. The predicted molar refractivity (Wildman–Crippen MR) is 140 cm³/mol. The lowest BCUT2D eigenvalue weighted by atomic mass is 10.0. The molecule has 0 bridgehead atoms. The zero-order valence-electron chi connectivity index (χ0n) is 19.9. The highest BCUT2D eigenvalue weighted by molar-refractivity contribution is 7.80. The molecular formula is C27H31N5O2S. The zero-order valence-corrected chi connectivity index (χ0v) is 20.7. The van der Waals surface area contributed by atoms with Gasteiger partial charge in [0.15, 0.2) is 5.11 Å². The lowest BCUT2D eigenvalue weighted by molar-refractivity contribution is -0.116. The molecule has 4 heterocycles. The first kappa shape index (κ1) is 23.5. The summed E-state index contributed by atoms with van der Waals surface area (Å²) in [6.07, 6.45) is 6.65. The summed E-state index contributed by atoms with van der Waals surface area (Å²) in [5.41, 5.74) is 4.03. The maximum absolute atomic E-state index is 12.8. The highest BCUT2D eigenvalue weighted by Gasteiger charge is 2.41. The Morgan fingerprint density at radius 2 is 2.06 bits per heavy atom. The standard InChI is InChI=1S/C27H31N5O2S/c1-19-9-11-20(12-10-19)29-24(33)13-16-32-26(25(30-27(32)35)22-7-2-3-14-28-22)23-8-4-15-31(23)18-21-6-5-17-34-21/h2-4,7-12,14-15,21,25-26H,5-6,13,16-18H2,1H3,(H,29,33)(H,30,35). The molecule has 2 fully saturated rings. The van der Waals surface area contributed by atoms with Gasteiger partial charge in [0.2, 0.25) is 5.91 Å². The van der Waals surface area contributed by atoms with Gasteiger partial charge in [0.1, 0.15) is 0 Å². The minimum absolute atomic E-state index is 0.0357. The SMILES string of the molecule is Cc1ccc(NC(=O)CCN2C(=S)NC(c3ccccn3)C2c2cccn2CC2CCCO2)cc1. The van der Waals surface area contributed by atoms with Gasteiger partial charge in [-0.25, -0.2) is 0 Å². The van der Waals surface area contributed by atoms with Gasteiger partial charge in [-0.3, -0.25) is 9.78 Å². The Morgan fingerprint density at radius 3 is 2.80 bits per heavy atom. The van der Waals surface area contributed by atoms with Crippen LogP contribution in [0.3, 0.4) is 0 Å². The normalized spacial score (nSPS) is 21.8. The van der Waals surface area contributed by atoms with Crippen molar-refractivity contribution in [1.82, 2.24) is 19.8 Å². The Kier molecular flexibility index (Phi) is 7.11. The number of benzene rings is 1. The molecule has 7 nitrogen and oxygen atoms in total. The van der Waals surface area contributed by atoms with E-state index in [9.17, 15) is 4.79 Å². The molecule has 3 aromatic rings. The fraction of sp³-hybridized carbons (Fsp3) is 0.370. The Hall–Kier alpha value is -3.23. The van der Waals surface area contributed by atoms with Crippen molar-refractivity contribution >= 4 is 28.9 Å². The summed E-state index contributed by atoms with van der Waals surface area (Å²) in [5, 5.41) is 7.11. The van der Waals surface area contributed by atoms with Gasteiger partial charge < -0.3 is 24.8 Å². The maximum atomic E-state index is 12.8.